The number of pyridine rings is 1. The summed E-state index contributed by atoms with van der Waals surface area (Å²) in [4.78, 5) is 2.39. The molecule has 1 heterocycles. The second-order valence-corrected chi connectivity index (χ2v) is 6.07. The molecule has 0 N–H and O–H groups in total. The lowest BCUT2D eigenvalue weighted by Crippen LogP contribution is -2.18. The van der Waals surface area contributed by atoms with Gasteiger partial charge in [0.05, 0.1) is 0 Å². The Morgan fingerprint density at radius 2 is 2.06 bits per heavy atom. The van der Waals surface area contributed by atoms with Crippen LogP contribution in [0.1, 0.15) is 5.69 Å². The average Bonchev–Trinajstić information content (AvgIpc) is 2.11. The molecule has 0 saturated heterocycles. The van der Waals surface area contributed by atoms with Crippen LogP contribution in [0.4, 0.5) is 13.2 Å². The standard InChI is InChI=1S/C7HBrClF3N2O3S/c8-3-1-5(17-7(10,11)12)14-4(2-13)6(3)18(9,15)16/h1H. The van der Waals surface area contributed by atoms with Crippen LogP contribution in [-0.4, -0.2) is 19.8 Å². The first-order valence-corrected chi connectivity index (χ1v) is 6.96. The molecule has 0 fully saturated rings. The largest absolute Gasteiger partial charge is 0.574 e. The van der Waals surface area contributed by atoms with Crippen LogP contribution >= 0.6 is 26.6 Å². The normalized spacial score (nSPS) is 12.0. The number of ether oxygens (including phenoxy) is 1. The van der Waals surface area contributed by atoms with Crippen molar-refractivity contribution in [2.24, 2.45) is 0 Å². The van der Waals surface area contributed by atoms with E-state index < -0.39 is 31.9 Å². The highest BCUT2D eigenvalue weighted by Gasteiger charge is 2.33. The van der Waals surface area contributed by atoms with E-state index in [1.165, 1.54) is 6.07 Å². The Morgan fingerprint density at radius 1 is 1.50 bits per heavy atom. The van der Waals surface area contributed by atoms with E-state index >= 15 is 0 Å². The van der Waals surface area contributed by atoms with Gasteiger partial charge >= 0.3 is 6.36 Å². The van der Waals surface area contributed by atoms with Gasteiger partial charge in [0.2, 0.25) is 5.88 Å². The van der Waals surface area contributed by atoms with E-state index in [1.54, 1.807) is 0 Å². The third kappa shape index (κ3) is 3.72. The van der Waals surface area contributed by atoms with Crippen molar-refractivity contribution >= 4 is 35.7 Å². The van der Waals surface area contributed by atoms with E-state index in [4.69, 9.17) is 15.9 Å². The molecule has 0 aromatic carbocycles. The van der Waals surface area contributed by atoms with Crippen molar-refractivity contribution in [2.45, 2.75) is 11.3 Å². The fourth-order valence-corrected chi connectivity index (χ4v) is 3.34. The molecule has 0 atom stereocenters. The molecule has 1 aromatic heterocycles. The van der Waals surface area contributed by atoms with E-state index in [1.807, 2.05) is 0 Å². The zero-order valence-corrected chi connectivity index (χ0v) is 11.2. The molecule has 0 radical (unpaired) electrons. The van der Waals surface area contributed by atoms with Crippen LogP contribution in [0.3, 0.4) is 0 Å². The van der Waals surface area contributed by atoms with Gasteiger partial charge in [0.1, 0.15) is 11.0 Å². The Balaban J connectivity index is 3.43. The van der Waals surface area contributed by atoms with Gasteiger partial charge in [-0.15, -0.1) is 13.2 Å². The van der Waals surface area contributed by atoms with Gasteiger partial charge in [0.25, 0.3) is 9.05 Å². The van der Waals surface area contributed by atoms with Crippen molar-refractivity contribution in [1.29, 1.82) is 5.26 Å². The minimum absolute atomic E-state index is 0.358. The fourth-order valence-electron chi connectivity index (χ4n) is 0.959. The van der Waals surface area contributed by atoms with Gasteiger partial charge in [0.15, 0.2) is 5.69 Å². The summed E-state index contributed by atoms with van der Waals surface area (Å²) in [7, 11) is 0.688. The maximum atomic E-state index is 11.9. The van der Waals surface area contributed by atoms with Gasteiger partial charge in [-0.2, -0.15) is 5.26 Å². The van der Waals surface area contributed by atoms with Crippen LogP contribution in [0.5, 0.6) is 5.88 Å². The highest BCUT2D eigenvalue weighted by atomic mass is 79.9. The number of nitrogens with zero attached hydrogens (tertiary/aromatic N) is 2. The SMILES string of the molecule is N#Cc1nc(OC(F)(F)F)cc(Br)c1S(=O)(=O)Cl. The number of aromatic nitrogens is 1. The van der Waals surface area contributed by atoms with Gasteiger partial charge in [-0.05, 0) is 15.9 Å². The summed E-state index contributed by atoms with van der Waals surface area (Å²) < 4.78 is 61.1. The predicted molar refractivity (Wildman–Crippen MR) is 56.4 cm³/mol. The molecule has 0 aliphatic heterocycles. The van der Waals surface area contributed by atoms with Crippen molar-refractivity contribution < 1.29 is 26.3 Å². The van der Waals surface area contributed by atoms with E-state index in [9.17, 15) is 21.6 Å². The fraction of sp³-hybridized carbons (Fsp3) is 0.143. The first-order chi connectivity index (χ1) is 8.04. The molecule has 1 rings (SSSR count). The van der Waals surface area contributed by atoms with Crippen LogP contribution < -0.4 is 4.74 Å². The lowest BCUT2D eigenvalue weighted by molar-refractivity contribution is -0.276. The first kappa shape index (κ1) is 15.0. The monoisotopic (exact) mass is 364 g/mol. The smallest absolute Gasteiger partial charge is 0.388 e. The second kappa shape index (κ2) is 4.91. The quantitative estimate of drug-likeness (QED) is 0.753. The van der Waals surface area contributed by atoms with Gasteiger partial charge in [-0.1, -0.05) is 0 Å². The van der Waals surface area contributed by atoms with Crippen LogP contribution in [-0.2, 0) is 9.05 Å². The van der Waals surface area contributed by atoms with E-state index in [-0.39, 0.29) is 4.47 Å². The highest BCUT2D eigenvalue weighted by molar-refractivity contribution is 9.10. The molecular formula is C7HBrClF3N2O3S. The lowest BCUT2D eigenvalue weighted by Gasteiger charge is -2.09. The first-order valence-electron chi connectivity index (χ1n) is 3.85. The predicted octanol–water partition coefficient (Wildman–Crippen LogP) is 2.54. The van der Waals surface area contributed by atoms with Gasteiger partial charge < -0.3 is 4.74 Å². The van der Waals surface area contributed by atoms with E-state index in [0.29, 0.717) is 6.07 Å². The maximum absolute atomic E-state index is 11.9. The molecule has 0 bridgehead atoms. The molecule has 5 nitrogen and oxygen atoms in total. The highest BCUT2D eigenvalue weighted by Crippen LogP contribution is 2.32. The maximum Gasteiger partial charge on any atom is 0.574 e. The van der Waals surface area contributed by atoms with Crippen LogP contribution in [0.25, 0.3) is 0 Å². The Labute approximate surface area is 112 Å². The molecule has 0 aliphatic rings. The van der Waals surface area contributed by atoms with Gasteiger partial charge in [-0.25, -0.2) is 13.4 Å². The van der Waals surface area contributed by atoms with Gasteiger partial charge in [-0.3, -0.25) is 0 Å². The molecule has 11 heteroatoms. The summed E-state index contributed by atoms with van der Waals surface area (Å²) >= 11 is 2.68. The third-order valence-corrected chi connectivity index (χ3v) is 3.73. The average molecular weight is 366 g/mol. The van der Waals surface area contributed by atoms with Crippen molar-refractivity contribution in [1.82, 2.24) is 4.98 Å². The molecule has 0 unspecified atom stereocenters. The van der Waals surface area contributed by atoms with E-state index in [0.717, 1.165) is 0 Å². The molecule has 0 amide bonds. The molecule has 0 aliphatic carbocycles. The molecular weight excluding hydrogens is 365 g/mol. The second-order valence-electron chi connectivity index (χ2n) is 2.72. The minimum atomic E-state index is -5.01. The summed E-state index contributed by atoms with van der Waals surface area (Å²) in [6.45, 7) is 0. The van der Waals surface area contributed by atoms with Crippen molar-refractivity contribution in [3.05, 3.63) is 16.2 Å². The van der Waals surface area contributed by atoms with E-state index in [2.05, 4.69) is 25.7 Å². The number of halogens is 5. The van der Waals surface area contributed by atoms with Crippen LogP contribution in [0, 0.1) is 11.3 Å². The molecule has 18 heavy (non-hydrogen) atoms. The zero-order chi connectivity index (χ0) is 14.1. The number of rotatable bonds is 2. The van der Waals surface area contributed by atoms with Crippen molar-refractivity contribution in [3.63, 3.8) is 0 Å². The van der Waals surface area contributed by atoms with Gasteiger partial charge in [0, 0.05) is 21.2 Å². The summed E-state index contributed by atoms with van der Waals surface area (Å²) in [6.07, 6.45) is -5.01. The molecule has 98 valence electrons. The summed E-state index contributed by atoms with van der Waals surface area (Å²) in [5.41, 5.74) is -0.807. The summed E-state index contributed by atoms with van der Waals surface area (Å²) in [5, 5.41) is 8.64. The van der Waals surface area contributed by atoms with Crippen molar-refractivity contribution in [3.8, 4) is 11.9 Å². The third-order valence-electron chi connectivity index (χ3n) is 1.47. The molecule has 0 saturated carbocycles. The lowest BCUT2D eigenvalue weighted by atomic mass is 10.4. The Kier molecular flexibility index (Phi) is 4.09. The number of hydrogen-bond donors (Lipinski definition) is 0. The number of alkyl halides is 3. The molecule has 0 spiro atoms. The minimum Gasteiger partial charge on any atom is -0.388 e. The number of nitriles is 1. The zero-order valence-electron chi connectivity index (χ0n) is 7.99. The Morgan fingerprint density at radius 3 is 2.44 bits per heavy atom. The Hall–Kier alpha value is -1.05. The number of hydrogen-bond acceptors (Lipinski definition) is 5. The Bertz CT molecular complexity index is 626. The van der Waals surface area contributed by atoms with Crippen molar-refractivity contribution in [2.75, 3.05) is 0 Å². The summed E-state index contributed by atoms with van der Waals surface area (Å²) in [6, 6.07) is 1.96. The molecule has 1 aromatic rings. The van der Waals surface area contributed by atoms with Crippen LogP contribution in [0.15, 0.2) is 15.4 Å². The van der Waals surface area contributed by atoms with Crippen LogP contribution in [0.2, 0.25) is 0 Å². The topological polar surface area (TPSA) is 80.0 Å². The summed E-state index contributed by atoms with van der Waals surface area (Å²) in [5.74, 6) is -0.977.